The van der Waals surface area contributed by atoms with Gasteiger partial charge in [-0.1, -0.05) is 11.8 Å². The predicted octanol–water partition coefficient (Wildman–Crippen LogP) is 5.83. The molecule has 1 aromatic carbocycles. The van der Waals surface area contributed by atoms with Gasteiger partial charge < -0.3 is 19.2 Å². The van der Waals surface area contributed by atoms with E-state index in [0.717, 1.165) is 47.7 Å². The number of methoxy groups -OCH3 is 1. The highest BCUT2D eigenvalue weighted by atomic mass is 32.2. The number of carboxylic acid groups (broad SMARTS) is 1. The standard InChI is InChI=1S/C26H31FN2O4S/c1-32-19-6-8-24-21(16-19)20(9-11-28-24)23(27)7-5-18-10-13-29(17-22(18)26(30)31)12-3-15-34-25-4-2-14-33-25/h2,4,6,8-9,11,14,16,18,22-23H,3,5,7,10,12-13,15,17H2,1H3,(H,30,31)/t18-,22+,23-/m1/s1. The van der Waals surface area contributed by atoms with Crippen molar-refractivity contribution in [2.45, 2.75) is 36.9 Å². The van der Waals surface area contributed by atoms with Gasteiger partial charge >= 0.3 is 5.97 Å². The largest absolute Gasteiger partial charge is 0.497 e. The topological polar surface area (TPSA) is 75.8 Å². The Morgan fingerprint density at radius 3 is 3.03 bits per heavy atom. The van der Waals surface area contributed by atoms with Crippen LogP contribution in [-0.2, 0) is 4.79 Å². The number of thioether (sulfide) groups is 1. The lowest BCUT2D eigenvalue weighted by Crippen LogP contribution is -2.44. The number of halogens is 1. The fourth-order valence-electron chi connectivity index (χ4n) is 4.77. The summed E-state index contributed by atoms with van der Waals surface area (Å²) in [5, 5.41) is 11.5. The third-order valence-corrected chi connectivity index (χ3v) is 7.64. The number of likely N-dealkylation sites (tertiary alicyclic amines) is 1. The second-order valence-electron chi connectivity index (χ2n) is 8.76. The van der Waals surface area contributed by atoms with E-state index in [1.54, 1.807) is 37.4 Å². The Balaban J connectivity index is 1.31. The van der Waals surface area contributed by atoms with E-state index >= 15 is 4.39 Å². The molecule has 3 atom stereocenters. The van der Waals surface area contributed by atoms with Crippen molar-refractivity contribution < 1.29 is 23.4 Å². The molecule has 0 amide bonds. The third kappa shape index (κ3) is 6.10. The van der Waals surface area contributed by atoms with Gasteiger partial charge in [0, 0.05) is 23.9 Å². The van der Waals surface area contributed by atoms with Crippen molar-refractivity contribution in [1.82, 2.24) is 9.88 Å². The van der Waals surface area contributed by atoms with Crippen LogP contribution in [0, 0.1) is 11.8 Å². The molecule has 3 heterocycles. The molecule has 182 valence electrons. The molecule has 0 bridgehead atoms. The normalized spacial score (nSPS) is 19.8. The quantitative estimate of drug-likeness (QED) is 0.270. The lowest BCUT2D eigenvalue weighted by molar-refractivity contribution is -0.146. The van der Waals surface area contributed by atoms with Crippen molar-refractivity contribution in [3.05, 3.63) is 54.4 Å². The number of carbonyl (C=O) groups is 1. The first-order chi connectivity index (χ1) is 16.5. The van der Waals surface area contributed by atoms with E-state index in [4.69, 9.17) is 9.15 Å². The minimum absolute atomic E-state index is 0.0212. The number of alkyl halides is 1. The first-order valence-corrected chi connectivity index (χ1v) is 12.7. The third-order valence-electron chi connectivity index (χ3n) is 6.63. The molecule has 0 radical (unpaired) electrons. The average molecular weight is 487 g/mol. The molecule has 1 aliphatic rings. The van der Waals surface area contributed by atoms with Gasteiger partial charge in [-0.2, -0.15) is 0 Å². The Kier molecular flexibility index (Phi) is 8.45. The molecule has 0 spiro atoms. The van der Waals surface area contributed by atoms with E-state index in [0.29, 0.717) is 30.7 Å². The van der Waals surface area contributed by atoms with Gasteiger partial charge in [0.05, 0.1) is 24.8 Å². The zero-order chi connectivity index (χ0) is 23.9. The van der Waals surface area contributed by atoms with Gasteiger partial charge in [-0.15, -0.1) is 0 Å². The van der Waals surface area contributed by atoms with Crippen LogP contribution in [0.2, 0.25) is 0 Å². The van der Waals surface area contributed by atoms with Crippen molar-refractivity contribution >= 4 is 28.6 Å². The second-order valence-corrected chi connectivity index (χ2v) is 9.86. The van der Waals surface area contributed by atoms with Crippen LogP contribution in [0.25, 0.3) is 10.9 Å². The molecule has 4 rings (SSSR count). The number of pyridine rings is 1. The number of nitrogens with zero attached hydrogens (tertiary/aromatic N) is 2. The summed E-state index contributed by atoms with van der Waals surface area (Å²) >= 11 is 1.67. The van der Waals surface area contributed by atoms with E-state index in [-0.39, 0.29) is 5.92 Å². The summed E-state index contributed by atoms with van der Waals surface area (Å²) in [5.41, 5.74) is 1.31. The Hall–Kier alpha value is -2.58. The highest BCUT2D eigenvalue weighted by molar-refractivity contribution is 7.99. The zero-order valence-corrected chi connectivity index (χ0v) is 20.2. The molecule has 0 saturated carbocycles. The fourth-order valence-corrected chi connectivity index (χ4v) is 5.54. The number of piperidine rings is 1. The molecular formula is C26H31FN2O4S. The number of fused-ring (bicyclic) bond motifs is 1. The van der Waals surface area contributed by atoms with Crippen molar-refractivity contribution in [2.75, 3.05) is 32.5 Å². The molecule has 0 aliphatic carbocycles. The van der Waals surface area contributed by atoms with Gasteiger partial charge in [-0.3, -0.25) is 9.78 Å². The number of hydrogen-bond donors (Lipinski definition) is 1. The molecule has 0 unspecified atom stereocenters. The summed E-state index contributed by atoms with van der Waals surface area (Å²) in [6, 6.07) is 11.0. The Labute approximate surface area is 203 Å². The number of benzene rings is 1. The average Bonchev–Trinajstić information content (AvgIpc) is 3.38. The summed E-state index contributed by atoms with van der Waals surface area (Å²) < 4.78 is 26.0. The number of hydrogen-bond acceptors (Lipinski definition) is 6. The van der Waals surface area contributed by atoms with Crippen molar-refractivity contribution in [3.8, 4) is 5.75 Å². The number of ether oxygens (including phenoxy) is 1. The van der Waals surface area contributed by atoms with E-state index in [2.05, 4.69) is 9.88 Å². The van der Waals surface area contributed by atoms with Crippen LogP contribution in [-0.4, -0.2) is 53.5 Å². The van der Waals surface area contributed by atoms with Crippen molar-refractivity contribution in [3.63, 3.8) is 0 Å². The molecule has 6 nitrogen and oxygen atoms in total. The minimum Gasteiger partial charge on any atom is -0.497 e. The van der Waals surface area contributed by atoms with Crippen LogP contribution in [0.5, 0.6) is 5.75 Å². The van der Waals surface area contributed by atoms with Crippen LogP contribution in [0.15, 0.2) is 58.4 Å². The number of furan rings is 1. The van der Waals surface area contributed by atoms with Crippen molar-refractivity contribution in [2.24, 2.45) is 11.8 Å². The summed E-state index contributed by atoms with van der Waals surface area (Å²) in [4.78, 5) is 18.6. The second kappa shape index (κ2) is 11.7. The van der Waals surface area contributed by atoms with Gasteiger partial charge in [0.1, 0.15) is 11.9 Å². The Bertz CT molecular complexity index is 1080. The molecule has 1 fully saturated rings. The van der Waals surface area contributed by atoms with Gasteiger partial charge in [-0.25, -0.2) is 4.39 Å². The van der Waals surface area contributed by atoms with Crippen LogP contribution >= 0.6 is 11.8 Å². The maximum atomic E-state index is 15.3. The molecule has 2 aromatic heterocycles. The fraction of sp³-hybridized carbons (Fsp3) is 0.462. The number of rotatable bonds is 11. The van der Waals surface area contributed by atoms with Crippen LogP contribution in [0.3, 0.4) is 0 Å². The van der Waals surface area contributed by atoms with Crippen LogP contribution in [0.4, 0.5) is 4.39 Å². The smallest absolute Gasteiger partial charge is 0.308 e. The molecule has 34 heavy (non-hydrogen) atoms. The SMILES string of the molecule is COc1ccc2nccc([C@H](F)CC[C@@H]3CCN(CCCSc4ccco4)C[C@@H]3C(=O)O)c2c1. The first-order valence-electron chi connectivity index (χ1n) is 11.7. The maximum absolute atomic E-state index is 15.3. The van der Waals surface area contributed by atoms with Crippen LogP contribution < -0.4 is 4.74 Å². The van der Waals surface area contributed by atoms with Gasteiger partial charge in [0.2, 0.25) is 0 Å². The van der Waals surface area contributed by atoms with Gasteiger partial charge in [-0.05, 0) is 86.7 Å². The summed E-state index contributed by atoms with van der Waals surface area (Å²) in [6.45, 7) is 2.24. The Morgan fingerprint density at radius 1 is 1.38 bits per heavy atom. The van der Waals surface area contributed by atoms with E-state index < -0.39 is 18.1 Å². The maximum Gasteiger partial charge on any atom is 0.308 e. The molecule has 1 saturated heterocycles. The monoisotopic (exact) mass is 486 g/mol. The highest BCUT2D eigenvalue weighted by Gasteiger charge is 2.34. The lowest BCUT2D eigenvalue weighted by Gasteiger charge is -2.36. The van der Waals surface area contributed by atoms with Crippen LogP contribution in [0.1, 0.15) is 37.4 Å². The lowest BCUT2D eigenvalue weighted by atomic mass is 9.81. The Morgan fingerprint density at radius 2 is 2.26 bits per heavy atom. The minimum atomic E-state index is -1.18. The predicted molar refractivity (Wildman–Crippen MR) is 131 cm³/mol. The number of aliphatic carboxylic acids is 1. The number of aromatic nitrogens is 1. The number of carboxylic acids is 1. The van der Waals surface area contributed by atoms with Gasteiger partial charge in [0.15, 0.2) is 5.09 Å². The molecule has 3 aromatic rings. The summed E-state index contributed by atoms with van der Waals surface area (Å²) in [5.74, 6) is 0.323. The summed E-state index contributed by atoms with van der Waals surface area (Å²) in [6.07, 6.45) is 4.70. The first kappa shape index (κ1) is 24.5. The highest BCUT2D eigenvalue weighted by Crippen LogP contribution is 2.35. The van der Waals surface area contributed by atoms with Crippen molar-refractivity contribution in [1.29, 1.82) is 0 Å². The zero-order valence-electron chi connectivity index (χ0n) is 19.4. The molecular weight excluding hydrogens is 455 g/mol. The summed E-state index contributed by atoms with van der Waals surface area (Å²) in [7, 11) is 1.58. The van der Waals surface area contributed by atoms with Gasteiger partial charge in [0.25, 0.3) is 0 Å². The molecule has 1 N–H and O–H groups in total. The van der Waals surface area contributed by atoms with E-state index in [1.807, 2.05) is 30.3 Å². The molecule has 1 aliphatic heterocycles. The van der Waals surface area contributed by atoms with E-state index in [9.17, 15) is 9.90 Å². The molecule has 8 heteroatoms. The van der Waals surface area contributed by atoms with E-state index in [1.165, 1.54) is 0 Å².